The number of hydrogen-bond acceptors (Lipinski definition) is 4. The molecule has 1 saturated heterocycles. The van der Waals surface area contributed by atoms with Crippen LogP contribution in [0.1, 0.15) is 13.3 Å². The Balaban J connectivity index is 2.63. The molecule has 1 heterocycles. The maximum atomic E-state index is 11.5. The second-order valence-electron chi connectivity index (χ2n) is 3.79. The van der Waals surface area contributed by atoms with Gasteiger partial charge in [-0.3, -0.25) is 4.79 Å². The number of rotatable bonds is 4. The van der Waals surface area contributed by atoms with E-state index in [1.54, 1.807) is 11.8 Å². The van der Waals surface area contributed by atoms with E-state index in [9.17, 15) is 9.90 Å². The minimum atomic E-state index is -0.692. The smallest absolute Gasteiger partial charge is 0.223 e. The van der Waals surface area contributed by atoms with Crippen LogP contribution in [0, 0.1) is 5.92 Å². The van der Waals surface area contributed by atoms with E-state index in [0.717, 1.165) is 0 Å². The first-order valence-electron chi connectivity index (χ1n) is 4.79. The van der Waals surface area contributed by atoms with E-state index in [1.165, 1.54) is 0 Å². The first-order valence-corrected chi connectivity index (χ1v) is 5.42. The summed E-state index contributed by atoms with van der Waals surface area (Å²) in [5.41, 5.74) is 0. The Hall–Kier alpha value is -0.260. The molecule has 2 N–H and O–H groups in total. The first kappa shape index (κ1) is 11.8. The molecule has 0 aromatic carbocycles. The fourth-order valence-electron chi connectivity index (χ4n) is 1.76. The highest BCUT2D eigenvalue weighted by molar-refractivity contribution is 7.80. The van der Waals surface area contributed by atoms with Crippen molar-refractivity contribution in [2.75, 3.05) is 18.9 Å². The third-order valence-electron chi connectivity index (χ3n) is 2.64. The first-order chi connectivity index (χ1) is 6.60. The lowest BCUT2D eigenvalue weighted by Gasteiger charge is -2.28. The van der Waals surface area contributed by atoms with Crippen LogP contribution < -0.4 is 0 Å². The van der Waals surface area contributed by atoms with Gasteiger partial charge in [-0.15, -0.1) is 0 Å². The average molecular weight is 219 g/mol. The van der Waals surface area contributed by atoms with Gasteiger partial charge in [0.15, 0.2) is 0 Å². The van der Waals surface area contributed by atoms with Crippen LogP contribution in [0.3, 0.4) is 0 Å². The molecular formula is C9H17NO3S. The van der Waals surface area contributed by atoms with E-state index in [0.29, 0.717) is 18.7 Å². The molecule has 0 aromatic rings. The molecule has 0 radical (unpaired) electrons. The van der Waals surface area contributed by atoms with Crippen molar-refractivity contribution >= 4 is 18.5 Å². The van der Waals surface area contributed by atoms with E-state index < -0.39 is 12.1 Å². The van der Waals surface area contributed by atoms with Gasteiger partial charge in [0, 0.05) is 13.0 Å². The molecule has 0 aromatic heterocycles. The Morgan fingerprint density at radius 2 is 2.36 bits per heavy atom. The topological polar surface area (TPSA) is 60.8 Å². The van der Waals surface area contributed by atoms with Gasteiger partial charge in [-0.1, -0.05) is 0 Å². The third kappa shape index (κ3) is 2.40. The second kappa shape index (κ2) is 5.00. The minimum Gasteiger partial charge on any atom is -0.394 e. The summed E-state index contributed by atoms with van der Waals surface area (Å²) in [4.78, 5) is 13.1. The van der Waals surface area contributed by atoms with Crippen LogP contribution in [0.4, 0.5) is 0 Å². The fourth-order valence-corrected chi connectivity index (χ4v) is 2.01. The highest BCUT2D eigenvalue weighted by atomic mass is 32.1. The van der Waals surface area contributed by atoms with Crippen LogP contribution in [0.25, 0.3) is 0 Å². The van der Waals surface area contributed by atoms with Crippen LogP contribution in [0.15, 0.2) is 0 Å². The van der Waals surface area contributed by atoms with E-state index in [-0.39, 0.29) is 18.4 Å². The summed E-state index contributed by atoms with van der Waals surface area (Å²) in [5, 5.41) is 18.4. The van der Waals surface area contributed by atoms with Gasteiger partial charge in [0.2, 0.25) is 5.91 Å². The third-order valence-corrected chi connectivity index (χ3v) is 3.16. The molecule has 0 bridgehead atoms. The maximum Gasteiger partial charge on any atom is 0.223 e. The summed E-state index contributed by atoms with van der Waals surface area (Å²) in [7, 11) is 0. The molecule has 1 fully saturated rings. The van der Waals surface area contributed by atoms with Crippen molar-refractivity contribution in [1.82, 2.24) is 4.90 Å². The predicted molar refractivity (Wildman–Crippen MR) is 56.2 cm³/mol. The molecule has 1 amide bonds. The highest BCUT2D eigenvalue weighted by Gasteiger charge is 2.35. The van der Waals surface area contributed by atoms with Crippen molar-refractivity contribution < 1.29 is 15.0 Å². The van der Waals surface area contributed by atoms with Crippen LogP contribution in [0.2, 0.25) is 0 Å². The zero-order valence-electron chi connectivity index (χ0n) is 8.26. The molecule has 5 heteroatoms. The van der Waals surface area contributed by atoms with Crippen LogP contribution in [-0.2, 0) is 4.79 Å². The number of aliphatic hydroxyl groups is 2. The van der Waals surface area contributed by atoms with Crippen molar-refractivity contribution in [1.29, 1.82) is 0 Å². The van der Waals surface area contributed by atoms with Gasteiger partial charge in [0.25, 0.3) is 0 Å². The second-order valence-corrected chi connectivity index (χ2v) is 4.15. The summed E-state index contributed by atoms with van der Waals surface area (Å²) < 4.78 is 0. The molecule has 14 heavy (non-hydrogen) atoms. The summed E-state index contributed by atoms with van der Waals surface area (Å²) in [6, 6.07) is -0.465. The number of thiol groups is 1. The lowest BCUT2D eigenvalue weighted by Crippen LogP contribution is -2.45. The van der Waals surface area contributed by atoms with Gasteiger partial charge < -0.3 is 15.1 Å². The summed E-state index contributed by atoms with van der Waals surface area (Å²) in [5.74, 6) is 0.919. The quantitative estimate of drug-likeness (QED) is 0.559. The summed E-state index contributed by atoms with van der Waals surface area (Å²) >= 11 is 4.14. The molecule has 1 aliphatic rings. The Kier molecular flexibility index (Phi) is 4.22. The van der Waals surface area contributed by atoms with Gasteiger partial charge in [0.1, 0.15) is 0 Å². The average Bonchev–Trinajstić information content (AvgIpc) is 2.48. The molecule has 0 spiro atoms. The standard InChI is InChI=1S/C9H17NO3S/c1-6(12)8(4-11)10-3-7(5-14)2-9(10)13/h6-8,11-12,14H,2-5H2,1H3/t6-,7?,8-/m1/s1. The van der Waals surface area contributed by atoms with Gasteiger partial charge in [-0.05, 0) is 18.6 Å². The molecular weight excluding hydrogens is 202 g/mol. The molecule has 4 nitrogen and oxygen atoms in total. The summed E-state index contributed by atoms with van der Waals surface area (Å²) in [6.45, 7) is 1.99. The molecule has 1 aliphatic heterocycles. The van der Waals surface area contributed by atoms with Crippen molar-refractivity contribution in [3.63, 3.8) is 0 Å². The number of nitrogens with zero attached hydrogens (tertiary/aromatic N) is 1. The van der Waals surface area contributed by atoms with E-state index in [4.69, 9.17) is 5.11 Å². The van der Waals surface area contributed by atoms with Crippen molar-refractivity contribution in [3.05, 3.63) is 0 Å². The minimum absolute atomic E-state index is 0.00370. The van der Waals surface area contributed by atoms with Gasteiger partial charge in [0.05, 0.1) is 18.8 Å². The van der Waals surface area contributed by atoms with Crippen LogP contribution in [0.5, 0.6) is 0 Å². The number of likely N-dealkylation sites (tertiary alicyclic amines) is 1. The molecule has 1 rings (SSSR count). The maximum absolute atomic E-state index is 11.5. The molecule has 3 atom stereocenters. The van der Waals surface area contributed by atoms with E-state index >= 15 is 0 Å². The fraction of sp³-hybridized carbons (Fsp3) is 0.889. The Labute approximate surface area is 89.3 Å². The SMILES string of the molecule is C[C@@H](O)[C@@H](CO)N1CC(CS)CC1=O. The lowest BCUT2D eigenvalue weighted by atomic mass is 10.1. The number of hydrogen-bond donors (Lipinski definition) is 3. The number of amides is 1. The molecule has 82 valence electrons. The number of aliphatic hydroxyl groups excluding tert-OH is 2. The number of carbonyl (C=O) groups is 1. The van der Waals surface area contributed by atoms with Crippen molar-refractivity contribution in [2.45, 2.75) is 25.5 Å². The van der Waals surface area contributed by atoms with E-state index in [2.05, 4.69) is 12.6 Å². The van der Waals surface area contributed by atoms with Gasteiger partial charge >= 0.3 is 0 Å². The molecule has 0 saturated carbocycles. The Bertz CT molecular complexity index is 210. The van der Waals surface area contributed by atoms with Crippen LogP contribution >= 0.6 is 12.6 Å². The monoisotopic (exact) mass is 219 g/mol. The van der Waals surface area contributed by atoms with E-state index in [1.807, 2.05) is 0 Å². The van der Waals surface area contributed by atoms with Crippen molar-refractivity contribution in [2.24, 2.45) is 5.92 Å². The Morgan fingerprint density at radius 3 is 2.71 bits per heavy atom. The lowest BCUT2D eigenvalue weighted by molar-refractivity contribution is -0.132. The largest absolute Gasteiger partial charge is 0.394 e. The number of carbonyl (C=O) groups excluding carboxylic acids is 1. The van der Waals surface area contributed by atoms with Gasteiger partial charge in [-0.25, -0.2) is 0 Å². The van der Waals surface area contributed by atoms with Crippen molar-refractivity contribution in [3.8, 4) is 0 Å². The zero-order valence-corrected chi connectivity index (χ0v) is 9.15. The summed E-state index contributed by atoms with van der Waals surface area (Å²) in [6.07, 6.45) is -0.213. The zero-order chi connectivity index (χ0) is 10.7. The highest BCUT2D eigenvalue weighted by Crippen LogP contribution is 2.22. The van der Waals surface area contributed by atoms with Gasteiger partial charge in [-0.2, -0.15) is 12.6 Å². The molecule has 1 unspecified atom stereocenters. The van der Waals surface area contributed by atoms with Crippen LogP contribution in [-0.4, -0.2) is 52.1 Å². The normalized spacial score (nSPS) is 26.7. The molecule has 0 aliphatic carbocycles. The Morgan fingerprint density at radius 1 is 1.71 bits per heavy atom. The predicted octanol–water partition coefficient (Wildman–Crippen LogP) is -0.494.